The van der Waals surface area contributed by atoms with Gasteiger partial charge in [0.25, 0.3) is 0 Å². The van der Waals surface area contributed by atoms with E-state index in [1.54, 1.807) is 0 Å². The summed E-state index contributed by atoms with van der Waals surface area (Å²) in [5, 5.41) is 18.7. The van der Waals surface area contributed by atoms with Crippen LogP contribution in [0.15, 0.2) is 0 Å². The van der Waals surface area contributed by atoms with E-state index in [-0.39, 0.29) is 11.8 Å². The third-order valence-electron chi connectivity index (χ3n) is 3.51. The Morgan fingerprint density at radius 2 is 1.62 bits per heavy atom. The van der Waals surface area contributed by atoms with Crippen LogP contribution in [0.25, 0.3) is 0 Å². The van der Waals surface area contributed by atoms with Crippen LogP contribution in [-0.2, 0) is 4.79 Å². The lowest BCUT2D eigenvalue weighted by Gasteiger charge is -2.40. The molecule has 2 atom stereocenters. The first-order valence-corrected chi connectivity index (χ1v) is 4.82. The van der Waals surface area contributed by atoms with Gasteiger partial charge in [-0.2, -0.15) is 0 Å². The van der Waals surface area contributed by atoms with Crippen molar-refractivity contribution in [3.05, 3.63) is 0 Å². The minimum Gasteiger partial charge on any atom is -0.479 e. The molecule has 1 rings (SSSR count). The van der Waals surface area contributed by atoms with Crippen LogP contribution in [-0.4, -0.2) is 21.8 Å². The van der Waals surface area contributed by atoms with Crippen LogP contribution in [0.3, 0.4) is 0 Å². The first-order valence-electron chi connectivity index (χ1n) is 4.82. The predicted octanol–water partition coefficient (Wildman–Crippen LogP) is 1.50. The Bertz CT molecular complexity index is 200. The van der Waals surface area contributed by atoms with Crippen molar-refractivity contribution in [3.8, 4) is 0 Å². The molecular formula is C10H18O3. The average Bonchev–Trinajstić information content (AvgIpc) is 2.00. The van der Waals surface area contributed by atoms with Crippen molar-refractivity contribution in [3.63, 3.8) is 0 Å². The summed E-state index contributed by atoms with van der Waals surface area (Å²) in [7, 11) is 0. The van der Waals surface area contributed by atoms with E-state index in [9.17, 15) is 9.90 Å². The molecule has 3 heteroatoms. The zero-order valence-electron chi connectivity index (χ0n) is 8.45. The fourth-order valence-corrected chi connectivity index (χ4v) is 2.26. The molecule has 76 valence electrons. The van der Waals surface area contributed by atoms with Gasteiger partial charge in [-0.25, -0.2) is 4.79 Å². The first kappa shape index (κ1) is 10.5. The van der Waals surface area contributed by atoms with Gasteiger partial charge in [0.2, 0.25) is 0 Å². The largest absolute Gasteiger partial charge is 0.479 e. The Balaban J connectivity index is 2.79. The second-order valence-electron chi connectivity index (χ2n) is 4.56. The molecule has 0 aromatic rings. The predicted molar refractivity (Wildman–Crippen MR) is 49.3 cm³/mol. The van der Waals surface area contributed by atoms with Crippen molar-refractivity contribution in [1.82, 2.24) is 0 Å². The van der Waals surface area contributed by atoms with Crippen molar-refractivity contribution in [1.29, 1.82) is 0 Å². The highest BCUT2D eigenvalue weighted by molar-refractivity contribution is 5.77. The molecule has 1 aliphatic rings. The Morgan fingerprint density at radius 1 is 1.23 bits per heavy atom. The van der Waals surface area contributed by atoms with Crippen LogP contribution in [0.5, 0.6) is 0 Å². The van der Waals surface area contributed by atoms with Gasteiger partial charge in [-0.1, -0.05) is 20.8 Å². The summed E-state index contributed by atoms with van der Waals surface area (Å²) in [6.45, 7) is 6.14. The number of aliphatic carboxylic acids is 1. The Morgan fingerprint density at radius 3 is 1.92 bits per heavy atom. The molecule has 0 spiro atoms. The normalized spacial score (nSPS) is 46.0. The number of rotatable bonds is 1. The number of carboxylic acids is 1. The van der Waals surface area contributed by atoms with Crippen LogP contribution < -0.4 is 0 Å². The third-order valence-corrected chi connectivity index (χ3v) is 3.51. The third kappa shape index (κ3) is 1.85. The van der Waals surface area contributed by atoms with Gasteiger partial charge in [0.1, 0.15) is 0 Å². The van der Waals surface area contributed by atoms with E-state index in [1.807, 2.05) is 13.8 Å². The monoisotopic (exact) mass is 186 g/mol. The molecule has 13 heavy (non-hydrogen) atoms. The van der Waals surface area contributed by atoms with E-state index in [0.29, 0.717) is 18.8 Å². The molecule has 0 aromatic carbocycles. The molecule has 2 N–H and O–H groups in total. The molecule has 0 saturated heterocycles. The molecule has 2 unspecified atom stereocenters. The first-order chi connectivity index (χ1) is 5.87. The standard InChI is InChI=1S/C10H18O3/c1-6-4-10(13,9(11)12)5-7(2)8(6)3/h6-8,13H,4-5H2,1-3H3,(H,11,12). The van der Waals surface area contributed by atoms with Crippen molar-refractivity contribution in [2.75, 3.05) is 0 Å². The summed E-state index contributed by atoms with van der Waals surface area (Å²) < 4.78 is 0. The molecular weight excluding hydrogens is 168 g/mol. The Hall–Kier alpha value is -0.570. The van der Waals surface area contributed by atoms with Crippen LogP contribution in [0, 0.1) is 17.8 Å². The Kier molecular flexibility index (Phi) is 2.66. The van der Waals surface area contributed by atoms with Gasteiger partial charge in [-0.15, -0.1) is 0 Å². The number of carboxylic acid groups (broad SMARTS) is 1. The van der Waals surface area contributed by atoms with Crippen molar-refractivity contribution >= 4 is 5.97 Å². The van der Waals surface area contributed by atoms with Gasteiger partial charge in [-0.3, -0.25) is 0 Å². The second-order valence-corrected chi connectivity index (χ2v) is 4.56. The summed E-state index contributed by atoms with van der Waals surface area (Å²) in [6, 6.07) is 0. The van der Waals surface area contributed by atoms with E-state index in [0.717, 1.165) is 0 Å². The van der Waals surface area contributed by atoms with Crippen molar-refractivity contribution in [2.45, 2.75) is 39.2 Å². The van der Waals surface area contributed by atoms with Gasteiger partial charge in [0.05, 0.1) is 0 Å². The summed E-state index contributed by atoms with van der Waals surface area (Å²) in [5.74, 6) is -0.00701. The fraction of sp³-hybridized carbons (Fsp3) is 0.900. The van der Waals surface area contributed by atoms with Gasteiger partial charge < -0.3 is 10.2 Å². The lowest BCUT2D eigenvalue weighted by Crippen LogP contribution is -2.47. The van der Waals surface area contributed by atoms with E-state index in [1.165, 1.54) is 0 Å². The second kappa shape index (κ2) is 3.29. The molecule has 1 fully saturated rings. The van der Waals surface area contributed by atoms with Gasteiger partial charge in [0.15, 0.2) is 5.60 Å². The topological polar surface area (TPSA) is 57.5 Å². The van der Waals surface area contributed by atoms with E-state index >= 15 is 0 Å². The summed E-state index contributed by atoms with van der Waals surface area (Å²) in [6.07, 6.45) is 0.766. The zero-order chi connectivity index (χ0) is 10.2. The number of hydrogen-bond acceptors (Lipinski definition) is 2. The number of hydrogen-bond donors (Lipinski definition) is 2. The molecule has 0 bridgehead atoms. The summed E-state index contributed by atoms with van der Waals surface area (Å²) in [5.41, 5.74) is -1.48. The maximum atomic E-state index is 10.8. The zero-order valence-corrected chi connectivity index (χ0v) is 8.45. The highest BCUT2D eigenvalue weighted by atomic mass is 16.4. The van der Waals surface area contributed by atoms with Crippen LogP contribution in [0.2, 0.25) is 0 Å². The van der Waals surface area contributed by atoms with Crippen molar-refractivity contribution < 1.29 is 15.0 Å². The quantitative estimate of drug-likeness (QED) is 0.652. The van der Waals surface area contributed by atoms with Gasteiger partial charge >= 0.3 is 5.97 Å². The van der Waals surface area contributed by atoms with Crippen LogP contribution >= 0.6 is 0 Å². The van der Waals surface area contributed by atoms with E-state index in [2.05, 4.69) is 6.92 Å². The van der Waals surface area contributed by atoms with Crippen LogP contribution in [0.1, 0.15) is 33.6 Å². The number of aliphatic hydroxyl groups is 1. The van der Waals surface area contributed by atoms with E-state index in [4.69, 9.17) is 5.11 Å². The molecule has 3 nitrogen and oxygen atoms in total. The molecule has 0 heterocycles. The molecule has 0 amide bonds. The summed E-state index contributed by atoms with van der Waals surface area (Å²) in [4.78, 5) is 10.8. The molecule has 1 aliphatic carbocycles. The van der Waals surface area contributed by atoms with Crippen LogP contribution in [0.4, 0.5) is 0 Å². The number of carbonyl (C=O) groups is 1. The maximum absolute atomic E-state index is 10.8. The average molecular weight is 186 g/mol. The minimum atomic E-state index is -1.48. The van der Waals surface area contributed by atoms with Gasteiger partial charge in [-0.05, 0) is 30.6 Å². The van der Waals surface area contributed by atoms with Crippen molar-refractivity contribution in [2.24, 2.45) is 17.8 Å². The smallest absolute Gasteiger partial charge is 0.335 e. The maximum Gasteiger partial charge on any atom is 0.335 e. The molecule has 0 radical (unpaired) electrons. The van der Waals surface area contributed by atoms with Gasteiger partial charge in [0, 0.05) is 0 Å². The SMILES string of the molecule is CC1CC(O)(C(=O)O)CC(C)C1C. The highest BCUT2D eigenvalue weighted by Crippen LogP contribution is 2.39. The molecule has 0 aliphatic heterocycles. The highest BCUT2D eigenvalue weighted by Gasteiger charge is 2.45. The summed E-state index contributed by atoms with van der Waals surface area (Å²) >= 11 is 0. The Labute approximate surface area is 78.8 Å². The lowest BCUT2D eigenvalue weighted by molar-refractivity contribution is -0.167. The minimum absolute atomic E-state index is 0.282. The van der Waals surface area contributed by atoms with E-state index < -0.39 is 11.6 Å². The lowest BCUT2D eigenvalue weighted by atomic mass is 9.68. The molecule has 1 saturated carbocycles. The fourth-order valence-electron chi connectivity index (χ4n) is 2.26. The molecule has 0 aromatic heterocycles.